The Balaban J connectivity index is 2.74. The molecule has 0 aliphatic carbocycles. The topological polar surface area (TPSA) is 75.3 Å². The summed E-state index contributed by atoms with van der Waals surface area (Å²) in [4.78, 5) is 11.0. The van der Waals surface area contributed by atoms with E-state index in [0.717, 1.165) is 18.2 Å². The second-order valence-electron chi connectivity index (χ2n) is 4.55. The fraction of sp³-hybridized carbons (Fsp3) is 0.417. The van der Waals surface area contributed by atoms with E-state index >= 15 is 0 Å². The van der Waals surface area contributed by atoms with E-state index in [1.54, 1.807) is 0 Å². The number of carbonyl (C=O) groups is 1. The van der Waals surface area contributed by atoms with Crippen LogP contribution in [0.15, 0.2) is 18.2 Å². The van der Waals surface area contributed by atoms with Crippen molar-refractivity contribution in [3.05, 3.63) is 35.4 Å². The molecule has 0 fully saturated rings. The number of rotatable bonds is 5. The predicted molar refractivity (Wildman–Crippen MR) is 62.6 cm³/mol. The van der Waals surface area contributed by atoms with Gasteiger partial charge in [-0.2, -0.15) is 0 Å². The fourth-order valence-corrected chi connectivity index (χ4v) is 1.32. The van der Waals surface area contributed by atoms with Crippen LogP contribution in [-0.2, 0) is 4.79 Å². The summed E-state index contributed by atoms with van der Waals surface area (Å²) in [6.45, 7) is 2.95. The predicted octanol–water partition coefficient (Wildman–Crippen LogP) is 0.852. The molecule has 6 heteroatoms. The molecule has 100 valence electrons. The molecule has 1 aromatic rings. The number of hydrogen-bond donors (Lipinski definition) is 3. The number of nitrogens with one attached hydrogen (secondary N) is 1. The largest absolute Gasteiger partial charge is 0.387 e. The molecule has 0 spiro atoms. The standard InChI is InChI=1S/C12H16F2N2O2/c1-12(2,11(15)18)16-6-10(17)8-5-7(13)3-4-9(8)14/h3-5,10,16-17H,6H2,1-2H3,(H2,15,18). The average molecular weight is 258 g/mol. The van der Waals surface area contributed by atoms with Gasteiger partial charge in [-0.25, -0.2) is 8.78 Å². The number of β-amino-alcohol motifs (C(OH)–C–C–N with tert-alkyl or cyclic N) is 1. The Morgan fingerprint density at radius 3 is 2.67 bits per heavy atom. The summed E-state index contributed by atoms with van der Waals surface area (Å²) in [5.41, 5.74) is 3.93. The molecule has 1 atom stereocenters. The number of halogens is 2. The molecule has 0 aliphatic rings. The van der Waals surface area contributed by atoms with Gasteiger partial charge in [-0.3, -0.25) is 4.79 Å². The first kappa shape index (κ1) is 14.5. The Labute approximate surface area is 104 Å². The lowest BCUT2D eigenvalue weighted by atomic mass is 10.0. The van der Waals surface area contributed by atoms with Gasteiger partial charge in [0.15, 0.2) is 0 Å². The van der Waals surface area contributed by atoms with Gasteiger partial charge in [-0.05, 0) is 32.0 Å². The van der Waals surface area contributed by atoms with E-state index < -0.39 is 29.2 Å². The van der Waals surface area contributed by atoms with Gasteiger partial charge in [0.1, 0.15) is 11.6 Å². The van der Waals surface area contributed by atoms with E-state index in [2.05, 4.69) is 5.32 Å². The van der Waals surface area contributed by atoms with Gasteiger partial charge in [0.05, 0.1) is 11.6 Å². The first-order valence-electron chi connectivity index (χ1n) is 5.42. The molecule has 1 aromatic carbocycles. The van der Waals surface area contributed by atoms with Crippen molar-refractivity contribution in [3.8, 4) is 0 Å². The Kier molecular flexibility index (Phi) is 4.37. The minimum Gasteiger partial charge on any atom is -0.387 e. The molecular weight excluding hydrogens is 242 g/mol. The van der Waals surface area contributed by atoms with Gasteiger partial charge in [-0.1, -0.05) is 0 Å². The average Bonchev–Trinajstić information content (AvgIpc) is 2.29. The summed E-state index contributed by atoms with van der Waals surface area (Å²) >= 11 is 0. The van der Waals surface area contributed by atoms with Gasteiger partial charge in [0.2, 0.25) is 5.91 Å². The molecule has 1 unspecified atom stereocenters. The number of hydrogen-bond acceptors (Lipinski definition) is 3. The van der Waals surface area contributed by atoms with Crippen molar-refractivity contribution in [2.75, 3.05) is 6.54 Å². The highest BCUT2D eigenvalue weighted by Gasteiger charge is 2.25. The number of carbonyl (C=O) groups excluding carboxylic acids is 1. The summed E-state index contributed by atoms with van der Waals surface area (Å²) in [5.74, 6) is -1.95. The van der Waals surface area contributed by atoms with Crippen molar-refractivity contribution in [1.82, 2.24) is 5.32 Å². The lowest BCUT2D eigenvalue weighted by Crippen LogP contribution is -2.51. The van der Waals surface area contributed by atoms with Crippen molar-refractivity contribution in [3.63, 3.8) is 0 Å². The molecule has 0 bridgehead atoms. The van der Waals surface area contributed by atoms with Crippen LogP contribution in [0.2, 0.25) is 0 Å². The molecule has 18 heavy (non-hydrogen) atoms. The van der Waals surface area contributed by atoms with E-state index in [-0.39, 0.29) is 12.1 Å². The highest BCUT2D eigenvalue weighted by Crippen LogP contribution is 2.18. The van der Waals surface area contributed by atoms with E-state index in [1.165, 1.54) is 13.8 Å². The first-order valence-corrected chi connectivity index (χ1v) is 5.42. The number of benzene rings is 1. The van der Waals surface area contributed by atoms with E-state index in [4.69, 9.17) is 5.73 Å². The molecule has 0 aromatic heterocycles. The van der Waals surface area contributed by atoms with Crippen LogP contribution in [0.1, 0.15) is 25.5 Å². The molecule has 0 radical (unpaired) electrons. The van der Waals surface area contributed by atoms with Crippen molar-refractivity contribution >= 4 is 5.91 Å². The van der Waals surface area contributed by atoms with Gasteiger partial charge in [0, 0.05) is 12.1 Å². The lowest BCUT2D eigenvalue weighted by Gasteiger charge is -2.24. The maximum atomic E-state index is 13.4. The molecule has 4 nitrogen and oxygen atoms in total. The number of aliphatic hydroxyl groups excluding tert-OH is 1. The maximum Gasteiger partial charge on any atom is 0.237 e. The third-order valence-electron chi connectivity index (χ3n) is 2.67. The zero-order valence-electron chi connectivity index (χ0n) is 10.2. The maximum absolute atomic E-state index is 13.4. The van der Waals surface area contributed by atoms with E-state index in [9.17, 15) is 18.7 Å². The monoisotopic (exact) mass is 258 g/mol. The zero-order chi connectivity index (χ0) is 13.9. The van der Waals surface area contributed by atoms with Gasteiger partial charge in [0.25, 0.3) is 0 Å². The minimum atomic E-state index is -1.26. The van der Waals surface area contributed by atoms with Crippen molar-refractivity contribution in [2.45, 2.75) is 25.5 Å². The van der Waals surface area contributed by atoms with Crippen LogP contribution in [-0.4, -0.2) is 23.1 Å². The quantitative estimate of drug-likeness (QED) is 0.733. The Morgan fingerprint density at radius 2 is 2.11 bits per heavy atom. The summed E-state index contributed by atoms with van der Waals surface area (Å²) in [5, 5.41) is 12.4. The van der Waals surface area contributed by atoms with Crippen molar-refractivity contribution < 1.29 is 18.7 Å². The summed E-state index contributed by atoms with van der Waals surface area (Å²) in [6, 6.07) is 2.82. The normalized spacial score (nSPS) is 13.4. The second kappa shape index (κ2) is 5.41. The molecule has 1 rings (SSSR count). The molecule has 0 heterocycles. The summed E-state index contributed by atoms with van der Waals surface area (Å²) < 4.78 is 26.3. The van der Waals surface area contributed by atoms with Gasteiger partial charge >= 0.3 is 0 Å². The molecule has 1 amide bonds. The Bertz CT molecular complexity index is 450. The van der Waals surface area contributed by atoms with Crippen LogP contribution in [0.3, 0.4) is 0 Å². The minimum absolute atomic E-state index is 0.115. The Morgan fingerprint density at radius 1 is 1.50 bits per heavy atom. The smallest absolute Gasteiger partial charge is 0.237 e. The molecular formula is C12H16F2N2O2. The summed E-state index contributed by atoms with van der Waals surface area (Å²) in [6.07, 6.45) is -1.26. The highest BCUT2D eigenvalue weighted by molar-refractivity contribution is 5.83. The van der Waals surface area contributed by atoms with Gasteiger partial charge in [-0.15, -0.1) is 0 Å². The van der Waals surface area contributed by atoms with Crippen LogP contribution in [0.25, 0.3) is 0 Å². The van der Waals surface area contributed by atoms with Crippen LogP contribution in [0, 0.1) is 11.6 Å². The molecule has 4 N–H and O–H groups in total. The molecule has 0 aliphatic heterocycles. The molecule has 0 saturated heterocycles. The van der Waals surface area contributed by atoms with Crippen LogP contribution >= 0.6 is 0 Å². The van der Waals surface area contributed by atoms with Crippen molar-refractivity contribution in [2.24, 2.45) is 5.73 Å². The van der Waals surface area contributed by atoms with Crippen LogP contribution in [0.4, 0.5) is 8.78 Å². The third kappa shape index (κ3) is 3.48. The number of primary amides is 1. The summed E-state index contributed by atoms with van der Waals surface area (Å²) in [7, 11) is 0. The van der Waals surface area contributed by atoms with E-state index in [1.807, 2.05) is 0 Å². The third-order valence-corrected chi connectivity index (χ3v) is 2.67. The lowest BCUT2D eigenvalue weighted by molar-refractivity contribution is -0.123. The first-order chi connectivity index (χ1) is 8.24. The number of aliphatic hydroxyl groups is 1. The van der Waals surface area contributed by atoms with Crippen LogP contribution < -0.4 is 11.1 Å². The SMILES string of the molecule is CC(C)(NCC(O)c1cc(F)ccc1F)C(N)=O. The Hall–Kier alpha value is -1.53. The number of amides is 1. The van der Waals surface area contributed by atoms with Crippen molar-refractivity contribution in [1.29, 1.82) is 0 Å². The zero-order valence-corrected chi connectivity index (χ0v) is 10.2. The number of nitrogens with two attached hydrogens (primary N) is 1. The second-order valence-corrected chi connectivity index (χ2v) is 4.55. The van der Waals surface area contributed by atoms with E-state index in [0.29, 0.717) is 0 Å². The molecule has 0 saturated carbocycles. The highest BCUT2D eigenvalue weighted by atomic mass is 19.1. The van der Waals surface area contributed by atoms with Crippen LogP contribution in [0.5, 0.6) is 0 Å². The fourth-order valence-electron chi connectivity index (χ4n) is 1.32. The van der Waals surface area contributed by atoms with Gasteiger partial charge < -0.3 is 16.2 Å².